The molecule has 2 rings (SSSR count). The second-order valence-electron chi connectivity index (χ2n) is 7.55. The quantitative estimate of drug-likeness (QED) is 0.541. The molecule has 1 N–H and O–H groups in total. The van der Waals surface area contributed by atoms with Crippen molar-refractivity contribution in [2.24, 2.45) is 0 Å². The monoisotopic (exact) mass is 442 g/mol. The highest BCUT2D eigenvalue weighted by Gasteiger charge is 2.29. The first-order chi connectivity index (χ1) is 15.4. The summed E-state index contributed by atoms with van der Waals surface area (Å²) in [6, 6.07) is 14.0. The molecule has 0 radical (unpaired) electrons. The van der Waals surface area contributed by atoms with Crippen LogP contribution in [-0.4, -0.2) is 49.6 Å². The SMILES string of the molecule is CC[C@@H](C)NC(=O)[C@H](CC)N(Cc1ccc(OC)cc1)C(=O)COc1ccccc1OC. The standard InChI is InChI=1S/C25H34N2O5/c1-6-18(3)26-25(29)21(7-2)27(16-19-12-14-20(30-4)15-13-19)24(28)17-32-23-11-9-8-10-22(23)31-5/h8-15,18,21H,6-7,16-17H2,1-5H3,(H,26,29)/t18-,21+/m1/s1. The van der Waals surface area contributed by atoms with E-state index in [0.717, 1.165) is 17.7 Å². The van der Waals surface area contributed by atoms with Gasteiger partial charge in [-0.1, -0.05) is 38.1 Å². The van der Waals surface area contributed by atoms with Gasteiger partial charge in [-0.25, -0.2) is 0 Å². The third kappa shape index (κ3) is 6.90. The van der Waals surface area contributed by atoms with Gasteiger partial charge in [-0.2, -0.15) is 0 Å². The van der Waals surface area contributed by atoms with Gasteiger partial charge in [-0.3, -0.25) is 9.59 Å². The molecule has 0 saturated carbocycles. The van der Waals surface area contributed by atoms with Gasteiger partial charge in [0.15, 0.2) is 18.1 Å². The van der Waals surface area contributed by atoms with Gasteiger partial charge < -0.3 is 24.4 Å². The Bertz CT molecular complexity index is 869. The van der Waals surface area contributed by atoms with Crippen LogP contribution in [-0.2, 0) is 16.1 Å². The lowest BCUT2D eigenvalue weighted by Gasteiger charge is -2.31. The molecule has 0 fully saturated rings. The van der Waals surface area contributed by atoms with Crippen LogP contribution in [0.5, 0.6) is 17.2 Å². The average molecular weight is 443 g/mol. The van der Waals surface area contributed by atoms with E-state index in [0.29, 0.717) is 17.9 Å². The van der Waals surface area contributed by atoms with Gasteiger partial charge in [0.1, 0.15) is 11.8 Å². The van der Waals surface area contributed by atoms with E-state index < -0.39 is 6.04 Å². The molecule has 32 heavy (non-hydrogen) atoms. The van der Waals surface area contributed by atoms with Gasteiger partial charge in [-0.15, -0.1) is 0 Å². The second-order valence-corrected chi connectivity index (χ2v) is 7.55. The minimum Gasteiger partial charge on any atom is -0.497 e. The molecule has 0 spiro atoms. The number of nitrogens with one attached hydrogen (secondary N) is 1. The second kappa shape index (κ2) is 12.6. The Kier molecular flexibility index (Phi) is 9.85. The highest BCUT2D eigenvalue weighted by Crippen LogP contribution is 2.26. The number of nitrogens with zero attached hydrogens (tertiary/aromatic N) is 1. The molecule has 0 aliphatic carbocycles. The largest absolute Gasteiger partial charge is 0.497 e. The molecule has 7 nitrogen and oxygen atoms in total. The summed E-state index contributed by atoms with van der Waals surface area (Å²) >= 11 is 0. The van der Waals surface area contributed by atoms with Crippen LogP contribution in [0, 0.1) is 0 Å². The van der Waals surface area contributed by atoms with E-state index in [2.05, 4.69) is 5.32 Å². The van der Waals surface area contributed by atoms with Crippen LogP contribution in [0.4, 0.5) is 0 Å². The molecular weight excluding hydrogens is 408 g/mol. The number of hydrogen-bond acceptors (Lipinski definition) is 5. The maximum absolute atomic E-state index is 13.3. The fourth-order valence-corrected chi connectivity index (χ4v) is 3.25. The molecule has 0 aromatic heterocycles. The Morgan fingerprint density at radius 2 is 1.59 bits per heavy atom. The van der Waals surface area contributed by atoms with Gasteiger partial charge in [-0.05, 0) is 49.6 Å². The van der Waals surface area contributed by atoms with Crippen molar-refractivity contribution in [2.45, 2.75) is 52.2 Å². The van der Waals surface area contributed by atoms with Crippen molar-refractivity contribution < 1.29 is 23.8 Å². The Labute approximate surface area is 190 Å². The van der Waals surface area contributed by atoms with E-state index in [1.165, 1.54) is 0 Å². The number of carbonyl (C=O) groups excluding carboxylic acids is 2. The Hall–Kier alpha value is -3.22. The van der Waals surface area contributed by atoms with Crippen LogP contribution in [0.15, 0.2) is 48.5 Å². The summed E-state index contributed by atoms with van der Waals surface area (Å²) in [4.78, 5) is 27.8. The van der Waals surface area contributed by atoms with E-state index >= 15 is 0 Å². The van der Waals surface area contributed by atoms with Crippen molar-refractivity contribution in [1.29, 1.82) is 0 Å². The highest BCUT2D eigenvalue weighted by atomic mass is 16.5. The molecule has 0 aliphatic heterocycles. The zero-order chi connectivity index (χ0) is 23.5. The van der Waals surface area contributed by atoms with Gasteiger partial charge in [0.2, 0.25) is 5.91 Å². The summed E-state index contributed by atoms with van der Waals surface area (Å²) in [6.45, 7) is 5.93. The summed E-state index contributed by atoms with van der Waals surface area (Å²) in [5, 5.41) is 3.00. The minimum absolute atomic E-state index is 0.0271. The minimum atomic E-state index is -0.611. The van der Waals surface area contributed by atoms with Crippen LogP contribution in [0.3, 0.4) is 0 Å². The summed E-state index contributed by atoms with van der Waals surface area (Å²) < 4.78 is 16.3. The van der Waals surface area contributed by atoms with Gasteiger partial charge in [0.05, 0.1) is 14.2 Å². The van der Waals surface area contributed by atoms with Crippen molar-refractivity contribution in [1.82, 2.24) is 10.2 Å². The molecular formula is C25H34N2O5. The van der Waals surface area contributed by atoms with Crippen molar-refractivity contribution in [2.75, 3.05) is 20.8 Å². The first-order valence-corrected chi connectivity index (χ1v) is 10.9. The van der Waals surface area contributed by atoms with Crippen molar-refractivity contribution in [3.05, 3.63) is 54.1 Å². The maximum atomic E-state index is 13.3. The molecule has 174 valence electrons. The lowest BCUT2D eigenvalue weighted by Crippen LogP contribution is -2.51. The third-order valence-corrected chi connectivity index (χ3v) is 5.32. The number of hydrogen-bond donors (Lipinski definition) is 1. The zero-order valence-electron chi connectivity index (χ0n) is 19.6. The first-order valence-electron chi connectivity index (χ1n) is 10.9. The van der Waals surface area contributed by atoms with Crippen molar-refractivity contribution in [3.8, 4) is 17.2 Å². The fourth-order valence-electron chi connectivity index (χ4n) is 3.25. The predicted molar refractivity (Wildman–Crippen MR) is 124 cm³/mol. The molecule has 0 bridgehead atoms. The molecule has 0 unspecified atom stereocenters. The summed E-state index contributed by atoms with van der Waals surface area (Å²) in [6.07, 6.45) is 1.30. The molecule has 0 heterocycles. The van der Waals surface area contributed by atoms with Gasteiger partial charge >= 0.3 is 0 Å². The number of para-hydroxylation sites is 2. The van der Waals surface area contributed by atoms with Crippen LogP contribution in [0.25, 0.3) is 0 Å². The maximum Gasteiger partial charge on any atom is 0.261 e. The first kappa shape index (κ1) is 25.0. The number of benzene rings is 2. The summed E-state index contributed by atoms with van der Waals surface area (Å²) in [5.74, 6) is 1.31. The number of amides is 2. The third-order valence-electron chi connectivity index (χ3n) is 5.32. The van der Waals surface area contributed by atoms with Crippen molar-refractivity contribution in [3.63, 3.8) is 0 Å². The van der Waals surface area contributed by atoms with Crippen LogP contribution >= 0.6 is 0 Å². The topological polar surface area (TPSA) is 77.1 Å². The van der Waals surface area contributed by atoms with Gasteiger partial charge in [0.25, 0.3) is 5.91 Å². The van der Waals surface area contributed by atoms with E-state index in [9.17, 15) is 9.59 Å². The van der Waals surface area contributed by atoms with E-state index in [4.69, 9.17) is 14.2 Å². The number of ether oxygens (including phenoxy) is 3. The van der Waals surface area contributed by atoms with Crippen LogP contribution in [0.2, 0.25) is 0 Å². The van der Waals surface area contributed by atoms with E-state index in [-0.39, 0.29) is 31.0 Å². The predicted octanol–water partition coefficient (Wildman–Crippen LogP) is 3.80. The number of carbonyl (C=O) groups is 2. The average Bonchev–Trinajstić information content (AvgIpc) is 2.82. The van der Waals surface area contributed by atoms with Gasteiger partial charge in [0, 0.05) is 12.6 Å². The molecule has 7 heteroatoms. The summed E-state index contributed by atoms with van der Waals surface area (Å²) in [7, 11) is 3.15. The Morgan fingerprint density at radius 3 is 2.16 bits per heavy atom. The zero-order valence-corrected chi connectivity index (χ0v) is 19.6. The molecule has 0 aliphatic rings. The molecule has 2 atom stereocenters. The highest BCUT2D eigenvalue weighted by molar-refractivity contribution is 5.88. The smallest absolute Gasteiger partial charge is 0.261 e. The number of methoxy groups -OCH3 is 2. The van der Waals surface area contributed by atoms with Crippen molar-refractivity contribution >= 4 is 11.8 Å². The fraction of sp³-hybridized carbons (Fsp3) is 0.440. The van der Waals surface area contributed by atoms with E-state index in [1.807, 2.05) is 57.2 Å². The van der Waals surface area contributed by atoms with Crippen LogP contribution in [0.1, 0.15) is 39.2 Å². The normalized spacial score (nSPS) is 12.4. The molecule has 2 aromatic carbocycles. The lowest BCUT2D eigenvalue weighted by molar-refractivity contribution is -0.143. The molecule has 2 amide bonds. The Morgan fingerprint density at radius 1 is 0.938 bits per heavy atom. The molecule has 0 saturated heterocycles. The number of rotatable bonds is 12. The van der Waals surface area contributed by atoms with Crippen LogP contribution < -0.4 is 19.5 Å². The summed E-state index contributed by atoms with van der Waals surface area (Å²) in [5.41, 5.74) is 0.895. The molecule has 2 aromatic rings. The van der Waals surface area contributed by atoms with E-state index in [1.54, 1.807) is 31.3 Å². The Balaban J connectivity index is 2.23. The lowest BCUT2D eigenvalue weighted by atomic mass is 10.1.